The van der Waals surface area contributed by atoms with Crippen LogP contribution in [-0.4, -0.2) is 32.1 Å². The number of allylic oxidation sites excluding steroid dienone is 1. The average molecular weight is 395 g/mol. The fourth-order valence-corrected chi connectivity index (χ4v) is 2.06. The molecule has 1 aromatic carbocycles. The van der Waals surface area contributed by atoms with Crippen molar-refractivity contribution < 1.29 is 9.47 Å². The summed E-state index contributed by atoms with van der Waals surface area (Å²) in [5.74, 6) is 6.63. The molecule has 0 heterocycles. The minimum Gasteiger partial charge on any atom is -0.496 e. The molecule has 1 atom stereocenters. The molecule has 0 bridgehead atoms. The van der Waals surface area contributed by atoms with E-state index in [9.17, 15) is 0 Å². The summed E-state index contributed by atoms with van der Waals surface area (Å²) in [5, 5.41) is 16.7. The van der Waals surface area contributed by atoms with Gasteiger partial charge in [0.05, 0.1) is 12.9 Å². The Morgan fingerprint density at radius 3 is 2.32 bits per heavy atom. The number of anilines is 1. The van der Waals surface area contributed by atoms with Crippen LogP contribution in [0, 0.1) is 10.8 Å². The molecule has 0 aliphatic rings. The van der Waals surface area contributed by atoms with Gasteiger partial charge in [0.1, 0.15) is 5.75 Å². The minimum absolute atomic E-state index is 0.106. The first-order valence-corrected chi connectivity index (χ1v) is 9.34. The number of nitrogens with two attached hydrogens (primary N) is 2. The third-order valence-electron chi connectivity index (χ3n) is 3.17. The first-order valence-electron chi connectivity index (χ1n) is 9.34. The van der Waals surface area contributed by atoms with Crippen molar-refractivity contribution in [2.45, 2.75) is 53.2 Å². The molecule has 8 heteroatoms. The van der Waals surface area contributed by atoms with Crippen molar-refractivity contribution in [1.29, 1.82) is 10.8 Å². The molecule has 0 radical (unpaired) electrons. The van der Waals surface area contributed by atoms with Crippen molar-refractivity contribution in [3.8, 4) is 5.75 Å². The van der Waals surface area contributed by atoms with Crippen molar-refractivity contribution in [3.05, 3.63) is 29.8 Å². The maximum Gasteiger partial charge on any atom is 0.179 e. The maximum atomic E-state index is 7.33. The maximum absolute atomic E-state index is 7.33. The van der Waals surface area contributed by atoms with Gasteiger partial charge in [-0.1, -0.05) is 26.0 Å². The monoisotopic (exact) mass is 394 g/mol. The van der Waals surface area contributed by atoms with Gasteiger partial charge in [0, 0.05) is 18.2 Å². The fourth-order valence-electron chi connectivity index (χ4n) is 2.06. The van der Waals surface area contributed by atoms with E-state index in [2.05, 4.69) is 16.8 Å². The molecule has 0 aromatic heterocycles. The first-order chi connectivity index (χ1) is 13.3. The second-order valence-corrected chi connectivity index (χ2v) is 5.57. The van der Waals surface area contributed by atoms with Gasteiger partial charge in [-0.2, -0.15) is 0 Å². The van der Waals surface area contributed by atoms with Crippen LogP contribution in [0.5, 0.6) is 5.75 Å². The lowest BCUT2D eigenvalue weighted by Gasteiger charge is -2.16. The first kappa shape index (κ1) is 27.6. The van der Waals surface area contributed by atoms with Gasteiger partial charge in [-0.25, -0.2) is 0 Å². The highest BCUT2D eigenvalue weighted by Gasteiger charge is 2.06. The Labute approximate surface area is 169 Å². The van der Waals surface area contributed by atoms with Gasteiger partial charge in [0.15, 0.2) is 12.1 Å². The molecule has 28 heavy (non-hydrogen) atoms. The Hall–Kier alpha value is -2.58. The van der Waals surface area contributed by atoms with Gasteiger partial charge in [-0.05, 0) is 51.4 Å². The van der Waals surface area contributed by atoms with Gasteiger partial charge in [-0.15, -0.1) is 0 Å². The molecule has 1 aromatic rings. The zero-order valence-electron chi connectivity index (χ0n) is 18.1. The summed E-state index contributed by atoms with van der Waals surface area (Å²) >= 11 is 0. The lowest BCUT2D eigenvalue weighted by molar-refractivity contribution is 0.145. The lowest BCUT2D eigenvalue weighted by atomic mass is 10.1. The highest BCUT2D eigenvalue weighted by atomic mass is 16.5. The summed E-state index contributed by atoms with van der Waals surface area (Å²) in [6, 6.07) is 5.69. The largest absolute Gasteiger partial charge is 0.496 e. The number of nitrogens with one attached hydrogen (secondary N) is 4. The fraction of sp³-hybridized carbons (Fsp3) is 0.500. The van der Waals surface area contributed by atoms with Crippen LogP contribution in [0.4, 0.5) is 5.69 Å². The second-order valence-electron chi connectivity index (χ2n) is 5.57. The van der Waals surface area contributed by atoms with Crippen molar-refractivity contribution in [2.75, 3.05) is 19.6 Å². The van der Waals surface area contributed by atoms with Gasteiger partial charge in [-0.3, -0.25) is 22.0 Å². The summed E-state index contributed by atoms with van der Waals surface area (Å²) in [6.45, 7) is 7.16. The van der Waals surface area contributed by atoms with E-state index >= 15 is 0 Å². The molecule has 0 fully saturated rings. The molecular weight excluding hydrogens is 356 g/mol. The molecular formula is C20H38N6O2. The van der Waals surface area contributed by atoms with E-state index in [-0.39, 0.29) is 18.0 Å². The number of rotatable bonds is 9. The Balaban J connectivity index is 0. The zero-order valence-corrected chi connectivity index (χ0v) is 18.1. The molecule has 1 rings (SSSR count). The van der Waals surface area contributed by atoms with Crippen LogP contribution in [0.25, 0.3) is 6.08 Å². The van der Waals surface area contributed by atoms with Crippen molar-refractivity contribution in [3.63, 3.8) is 0 Å². The number of ether oxygens (including phenoxy) is 2. The standard InChI is InChI=1S/C16H26N4O2.C2H6N2.C2H6/c1-12(17)22-16(19-2)8-6-4-5-7-13-11-14(20-18)9-10-15(13)21-3;1-2(3)4;1-2/h5,7,9-11,16-17,19-20H,4,6,8,18H2,1-3H3;1H3,(H3,3,4);1-2H3/b7-5+,17-12?;;. The van der Waals surface area contributed by atoms with Crippen LogP contribution in [0.15, 0.2) is 24.3 Å². The molecule has 160 valence electrons. The van der Waals surface area contributed by atoms with Crippen LogP contribution in [-0.2, 0) is 4.74 Å². The van der Waals surface area contributed by atoms with E-state index in [0.717, 1.165) is 36.3 Å². The zero-order chi connectivity index (χ0) is 21.9. The second kappa shape index (κ2) is 17.8. The molecule has 8 nitrogen and oxygen atoms in total. The van der Waals surface area contributed by atoms with Gasteiger partial charge in [0.2, 0.25) is 0 Å². The molecule has 0 spiro atoms. The molecule has 0 saturated carbocycles. The van der Waals surface area contributed by atoms with Crippen molar-refractivity contribution in [1.82, 2.24) is 5.32 Å². The highest BCUT2D eigenvalue weighted by molar-refractivity contribution is 5.73. The van der Waals surface area contributed by atoms with E-state index < -0.39 is 0 Å². The quantitative estimate of drug-likeness (QED) is 0.0941. The topological polar surface area (TPSA) is 142 Å². The lowest BCUT2D eigenvalue weighted by Crippen LogP contribution is -2.29. The number of benzene rings is 1. The number of hydrogen-bond acceptors (Lipinski definition) is 7. The smallest absolute Gasteiger partial charge is 0.179 e. The number of unbranched alkanes of at least 4 members (excludes halogenated alkanes) is 1. The molecule has 0 saturated heterocycles. The van der Waals surface area contributed by atoms with E-state index in [4.69, 9.17) is 31.9 Å². The predicted molar refractivity (Wildman–Crippen MR) is 120 cm³/mol. The molecule has 0 aliphatic carbocycles. The number of amidine groups is 1. The Kier molecular flexibility index (Phi) is 17.6. The number of hydrazine groups is 1. The van der Waals surface area contributed by atoms with E-state index in [1.54, 1.807) is 14.0 Å². The number of hydrogen-bond donors (Lipinski definition) is 6. The van der Waals surface area contributed by atoms with E-state index in [0.29, 0.717) is 0 Å². The van der Waals surface area contributed by atoms with Crippen LogP contribution in [0.3, 0.4) is 0 Å². The third-order valence-corrected chi connectivity index (χ3v) is 3.17. The Morgan fingerprint density at radius 1 is 1.25 bits per heavy atom. The SMILES string of the molecule is CC.CC(=N)N.CNC(CCC/C=C/c1cc(NN)ccc1OC)OC(C)=N. The average Bonchev–Trinajstić information content (AvgIpc) is 2.67. The molecule has 8 N–H and O–H groups in total. The molecule has 1 unspecified atom stereocenters. The number of nitrogen functional groups attached to an aromatic ring is 1. The van der Waals surface area contributed by atoms with Gasteiger partial charge < -0.3 is 20.6 Å². The van der Waals surface area contributed by atoms with Crippen molar-refractivity contribution >= 4 is 23.5 Å². The Morgan fingerprint density at radius 2 is 1.86 bits per heavy atom. The van der Waals surface area contributed by atoms with Crippen LogP contribution < -0.4 is 27.1 Å². The Bertz CT molecular complexity index is 586. The summed E-state index contributed by atoms with van der Waals surface area (Å²) in [6.07, 6.45) is 6.75. The summed E-state index contributed by atoms with van der Waals surface area (Å²) < 4.78 is 10.7. The van der Waals surface area contributed by atoms with E-state index in [1.807, 2.05) is 45.2 Å². The predicted octanol–water partition coefficient (Wildman–Crippen LogP) is 3.69. The van der Waals surface area contributed by atoms with Crippen LogP contribution >= 0.6 is 0 Å². The van der Waals surface area contributed by atoms with Crippen LogP contribution in [0.1, 0.15) is 52.5 Å². The normalized spacial score (nSPS) is 10.7. The third kappa shape index (κ3) is 14.6. The highest BCUT2D eigenvalue weighted by Crippen LogP contribution is 2.23. The summed E-state index contributed by atoms with van der Waals surface area (Å²) in [7, 11) is 3.48. The summed E-state index contributed by atoms with van der Waals surface area (Å²) in [4.78, 5) is 0. The minimum atomic E-state index is -0.106. The van der Waals surface area contributed by atoms with Crippen LogP contribution in [0.2, 0.25) is 0 Å². The molecule has 0 amide bonds. The van der Waals surface area contributed by atoms with Crippen molar-refractivity contribution in [2.24, 2.45) is 11.6 Å². The summed E-state index contributed by atoms with van der Waals surface area (Å²) in [5.41, 5.74) is 9.14. The van der Waals surface area contributed by atoms with Gasteiger partial charge in [0.25, 0.3) is 0 Å². The van der Waals surface area contributed by atoms with E-state index in [1.165, 1.54) is 6.92 Å². The number of methoxy groups -OCH3 is 1. The van der Waals surface area contributed by atoms with Gasteiger partial charge >= 0.3 is 0 Å². The molecule has 0 aliphatic heterocycles.